The van der Waals surface area contributed by atoms with E-state index in [2.05, 4.69) is 4.57 Å². The lowest BCUT2D eigenvalue weighted by Gasteiger charge is -2.20. The molecule has 132 valence electrons. The van der Waals surface area contributed by atoms with Crippen LogP contribution in [0.2, 0.25) is 0 Å². The van der Waals surface area contributed by atoms with Gasteiger partial charge in [-0.3, -0.25) is 9.36 Å². The number of hydrogen-bond acceptors (Lipinski definition) is 3. The molecule has 1 amide bonds. The Morgan fingerprint density at radius 3 is 2.88 bits per heavy atom. The highest BCUT2D eigenvalue weighted by molar-refractivity contribution is 5.97. The van der Waals surface area contributed by atoms with Gasteiger partial charge >= 0.3 is 0 Å². The van der Waals surface area contributed by atoms with E-state index in [0.717, 1.165) is 59.7 Å². The van der Waals surface area contributed by atoms with Gasteiger partial charge in [0.2, 0.25) is 17.9 Å². The SMILES string of the molecule is CC(=O)N1CCc2c(nc[n+]3c(O)c4n(c23)CCCC4)-c2ccccc21. The monoisotopic (exact) mass is 349 g/mol. The normalized spacial score (nSPS) is 16.0. The Kier molecular flexibility index (Phi) is 3.29. The van der Waals surface area contributed by atoms with E-state index < -0.39 is 0 Å². The molecule has 0 saturated carbocycles. The van der Waals surface area contributed by atoms with Crippen LogP contribution in [0.3, 0.4) is 0 Å². The number of anilines is 1. The summed E-state index contributed by atoms with van der Waals surface area (Å²) in [6, 6.07) is 7.95. The third-order valence-electron chi connectivity index (χ3n) is 5.61. The minimum atomic E-state index is 0.0363. The molecule has 0 atom stereocenters. The smallest absolute Gasteiger partial charge is 0.295 e. The summed E-state index contributed by atoms with van der Waals surface area (Å²) in [5, 5.41) is 10.7. The van der Waals surface area contributed by atoms with Gasteiger partial charge in [-0.2, -0.15) is 4.40 Å². The highest BCUT2D eigenvalue weighted by Crippen LogP contribution is 2.37. The zero-order valence-corrected chi connectivity index (χ0v) is 14.8. The van der Waals surface area contributed by atoms with Crippen LogP contribution in [-0.2, 0) is 24.2 Å². The van der Waals surface area contributed by atoms with Gasteiger partial charge in [-0.05, 0) is 25.0 Å². The predicted molar refractivity (Wildman–Crippen MR) is 97.2 cm³/mol. The molecule has 0 bridgehead atoms. The molecule has 2 aliphatic rings. The van der Waals surface area contributed by atoms with E-state index in [-0.39, 0.29) is 5.91 Å². The number of amides is 1. The second-order valence-electron chi connectivity index (χ2n) is 7.08. The van der Waals surface area contributed by atoms with Crippen molar-refractivity contribution in [1.82, 2.24) is 9.55 Å². The van der Waals surface area contributed by atoms with E-state index in [1.165, 1.54) is 0 Å². The number of hydrogen-bond donors (Lipinski definition) is 1. The van der Waals surface area contributed by atoms with Gasteiger partial charge in [0.05, 0.1) is 17.8 Å². The van der Waals surface area contributed by atoms with Crippen molar-refractivity contribution in [2.45, 2.75) is 39.2 Å². The first kappa shape index (κ1) is 15.4. The second kappa shape index (κ2) is 5.56. The van der Waals surface area contributed by atoms with Gasteiger partial charge in [0, 0.05) is 31.9 Å². The summed E-state index contributed by atoms with van der Waals surface area (Å²) in [5.41, 5.74) is 5.91. The number of aromatic nitrogens is 3. The quantitative estimate of drug-likeness (QED) is 0.633. The van der Waals surface area contributed by atoms with Gasteiger partial charge in [0.25, 0.3) is 5.88 Å². The molecule has 6 heteroatoms. The number of para-hydroxylation sites is 1. The number of carbonyl (C=O) groups excluding carboxylic acids is 1. The van der Waals surface area contributed by atoms with E-state index in [1.54, 1.807) is 13.3 Å². The van der Waals surface area contributed by atoms with Crippen molar-refractivity contribution < 1.29 is 14.3 Å². The topological polar surface area (TPSA) is 62.5 Å². The number of benzene rings is 1. The van der Waals surface area contributed by atoms with Crippen LogP contribution >= 0.6 is 0 Å². The second-order valence-corrected chi connectivity index (χ2v) is 7.08. The standard InChI is InChI=1S/C20H20N4O2/c1-13(25)22-11-9-15-18(14-6-2-3-7-16(14)22)21-12-24-19(15)23-10-5-4-8-17(23)20(24)26/h2-3,6-7,12H,4-5,8-11H2,1H3/p+1. The molecule has 6 nitrogen and oxygen atoms in total. The maximum Gasteiger partial charge on any atom is 0.295 e. The first-order valence-electron chi connectivity index (χ1n) is 9.18. The fraction of sp³-hybridized carbons (Fsp3) is 0.350. The average molecular weight is 349 g/mol. The van der Waals surface area contributed by atoms with Crippen LogP contribution in [0.5, 0.6) is 5.88 Å². The summed E-state index contributed by atoms with van der Waals surface area (Å²) in [4.78, 5) is 18.7. The Morgan fingerprint density at radius 2 is 2.04 bits per heavy atom. The number of aryl methyl sites for hydroxylation is 1. The van der Waals surface area contributed by atoms with Gasteiger partial charge in [0.1, 0.15) is 0 Å². The third-order valence-corrected chi connectivity index (χ3v) is 5.61. The molecule has 5 rings (SSSR count). The molecule has 0 saturated heterocycles. The molecule has 0 radical (unpaired) electrons. The number of imidazole rings is 1. The van der Waals surface area contributed by atoms with Crippen molar-refractivity contribution >= 4 is 17.2 Å². The molecule has 0 unspecified atom stereocenters. The lowest BCUT2D eigenvalue weighted by atomic mass is 10.0. The van der Waals surface area contributed by atoms with E-state index in [1.807, 2.05) is 33.6 Å². The molecular formula is C20H21N4O2+. The molecule has 1 N–H and O–H groups in total. The molecule has 2 aliphatic heterocycles. The number of rotatable bonds is 0. The van der Waals surface area contributed by atoms with Crippen molar-refractivity contribution in [2.24, 2.45) is 0 Å². The van der Waals surface area contributed by atoms with Gasteiger partial charge in [-0.15, -0.1) is 4.98 Å². The van der Waals surface area contributed by atoms with E-state index in [4.69, 9.17) is 4.98 Å². The fourth-order valence-electron chi connectivity index (χ4n) is 4.43. The van der Waals surface area contributed by atoms with Gasteiger partial charge < -0.3 is 10.0 Å². The first-order valence-corrected chi connectivity index (χ1v) is 9.18. The molecule has 3 aromatic rings. The van der Waals surface area contributed by atoms with Crippen molar-refractivity contribution in [3.05, 3.63) is 41.9 Å². The van der Waals surface area contributed by atoms with Crippen LogP contribution in [0.4, 0.5) is 5.69 Å². The Bertz CT molecular complexity index is 1050. The zero-order valence-electron chi connectivity index (χ0n) is 14.8. The summed E-state index contributed by atoms with van der Waals surface area (Å²) >= 11 is 0. The largest absolute Gasteiger partial charge is 0.481 e. The lowest BCUT2D eigenvalue weighted by molar-refractivity contribution is -0.525. The Hall–Kier alpha value is -2.89. The molecule has 0 fully saturated rings. The molecule has 0 aliphatic carbocycles. The van der Waals surface area contributed by atoms with Gasteiger partial charge in [-0.1, -0.05) is 12.1 Å². The minimum absolute atomic E-state index is 0.0363. The zero-order chi connectivity index (χ0) is 17.8. The van der Waals surface area contributed by atoms with Crippen LogP contribution in [0.1, 0.15) is 31.0 Å². The van der Waals surface area contributed by atoms with Crippen molar-refractivity contribution in [3.63, 3.8) is 0 Å². The van der Waals surface area contributed by atoms with E-state index >= 15 is 0 Å². The van der Waals surface area contributed by atoms with Crippen molar-refractivity contribution in [3.8, 4) is 17.1 Å². The maximum atomic E-state index is 12.2. The Morgan fingerprint density at radius 1 is 1.19 bits per heavy atom. The highest BCUT2D eigenvalue weighted by atomic mass is 16.3. The number of nitrogens with zero attached hydrogens (tertiary/aromatic N) is 4. The Balaban J connectivity index is 1.83. The molecular weight excluding hydrogens is 328 g/mol. The van der Waals surface area contributed by atoms with Crippen LogP contribution in [0, 0.1) is 0 Å². The number of fused-ring (bicyclic) bond motifs is 7. The van der Waals surface area contributed by atoms with Gasteiger partial charge in [-0.25, -0.2) is 0 Å². The fourth-order valence-corrected chi connectivity index (χ4v) is 4.43. The summed E-state index contributed by atoms with van der Waals surface area (Å²) in [6.07, 6.45) is 5.53. The number of carbonyl (C=O) groups is 1. The summed E-state index contributed by atoms with van der Waals surface area (Å²) in [5.74, 6) is 0.338. The van der Waals surface area contributed by atoms with Crippen LogP contribution < -0.4 is 9.30 Å². The molecule has 2 aromatic heterocycles. The first-order chi connectivity index (χ1) is 12.7. The molecule has 4 heterocycles. The van der Waals surface area contributed by atoms with Crippen molar-refractivity contribution in [2.75, 3.05) is 11.4 Å². The van der Waals surface area contributed by atoms with E-state index in [9.17, 15) is 9.90 Å². The summed E-state index contributed by atoms with van der Waals surface area (Å²) in [6.45, 7) is 3.13. The maximum absolute atomic E-state index is 12.2. The van der Waals surface area contributed by atoms with Crippen LogP contribution in [0.15, 0.2) is 30.6 Å². The number of aromatic hydroxyl groups is 1. The Labute approximate surface area is 151 Å². The van der Waals surface area contributed by atoms with Gasteiger partial charge in [0.15, 0.2) is 11.4 Å². The van der Waals surface area contributed by atoms with Crippen LogP contribution in [0.25, 0.3) is 16.9 Å². The van der Waals surface area contributed by atoms with E-state index in [0.29, 0.717) is 18.8 Å². The third kappa shape index (κ3) is 2.01. The molecule has 1 aromatic carbocycles. The predicted octanol–water partition coefficient (Wildman–Crippen LogP) is 2.24. The summed E-state index contributed by atoms with van der Waals surface area (Å²) < 4.78 is 4.05. The average Bonchev–Trinajstić information content (AvgIpc) is 2.84. The van der Waals surface area contributed by atoms with Crippen molar-refractivity contribution in [1.29, 1.82) is 0 Å². The summed E-state index contributed by atoms with van der Waals surface area (Å²) in [7, 11) is 0. The molecule has 0 spiro atoms. The highest BCUT2D eigenvalue weighted by Gasteiger charge is 2.33. The lowest BCUT2D eigenvalue weighted by Crippen LogP contribution is -2.30. The minimum Gasteiger partial charge on any atom is -0.481 e. The van der Waals surface area contributed by atoms with Crippen LogP contribution in [-0.4, -0.2) is 27.1 Å². The molecule has 26 heavy (non-hydrogen) atoms.